The van der Waals surface area contributed by atoms with E-state index in [-0.39, 0.29) is 0 Å². The van der Waals surface area contributed by atoms with Crippen LogP contribution in [0.1, 0.15) is 5.56 Å². The van der Waals surface area contributed by atoms with Crippen molar-refractivity contribution in [2.24, 2.45) is 0 Å². The van der Waals surface area contributed by atoms with Gasteiger partial charge in [-0.3, -0.25) is 19.6 Å². The van der Waals surface area contributed by atoms with E-state index >= 15 is 0 Å². The normalized spacial score (nSPS) is 34.9. The molecule has 0 aromatic heterocycles. The smallest absolute Gasteiger partial charge is 0.0926 e. The highest BCUT2D eigenvalue weighted by Crippen LogP contribution is 2.35. The number of nitrogens with zero attached hydrogens (tertiary/aromatic N) is 4. The molecule has 0 N–H and O–H groups in total. The summed E-state index contributed by atoms with van der Waals surface area (Å²) >= 11 is 0. The minimum atomic E-state index is 0.561. The van der Waals surface area contributed by atoms with Crippen molar-refractivity contribution in [3.05, 3.63) is 35.9 Å². The molecule has 1 aromatic carbocycles. The van der Waals surface area contributed by atoms with Crippen LogP contribution in [0.3, 0.4) is 0 Å². The Bertz CT molecular complexity index is 547. The third kappa shape index (κ3) is 2.42. The highest BCUT2D eigenvalue weighted by atomic mass is 16.5. The summed E-state index contributed by atoms with van der Waals surface area (Å²) in [5.41, 5.74) is 1.27. The Balaban J connectivity index is 1.25. The summed E-state index contributed by atoms with van der Waals surface area (Å²) in [5.74, 6) is 0. The number of hydrogen-bond donors (Lipinski definition) is 0. The van der Waals surface area contributed by atoms with Crippen molar-refractivity contribution >= 4 is 0 Å². The van der Waals surface area contributed by atoms with Crippen LogP contribution < -0.4 is 0 Å². The van der Waals surface area contributed by atoms with E-state index in [0.29, 0.717) is 18.4 Å². The zero-order valence-electron chi connectivity index (χ0n) is 13.7. The molecule has 0 spiro atoms. The number of hydrogen-bond acceptors (Lipinski definition) is 5. The Kier molecular flexibility index (Phi) is 3.64. The van der Waals surface area contributed by atoms with E-state index in [0.717, 1.165) is 13.2 Å². The molecule has 4 saturated heterocycles. The first kappa shape index (κ1) is 14.4. The minimum Gasteiger partial charge on any atom is -0.375 e. The standard InChI is InChI=1S/C18H26N4O/c1-2-4-15(5-3-1)13-23-14-16-12-21-9-8-19-6-7-20-10-11-22(16)18(21)17(19)20/h1-5,16-18H,6-14H2. The highest BCUT2D eigenvalue weighted by Gasteiger charge is 2.53. The minimum absolute atomic E-state index is 0.561. The van der Waals surface area contributed by atoms with Crippen LogP contribution in [0.15, 0.2) is 30.3 Å². The molecule has 4 aliphatic rings. The summed E-state index contributed by atoms with van der Waals surface area (Å²) in [4.78, 5) is 10.8. The van der Waals surface area contributed by atoms with E-state index in [4.69, 9.17) is 4.74 Å². The maximum atomic E-state index is 6.07. The predicted octanol–water partition coefficient (Wildman–Crippen LogP) is 0.486. The maximum Gasteiger partial charge on any atom is 0.0926 e. The monoisotopic (exact) mass is 314 g/mol. The first-order valence-electron chi connectivity index (χ1n) is 9.00. The van der Waals surface area contributed by atoms with Crippen LogP contribution in [0.2, 0.25) is 0 Å². The Morgan fingerprint density at radius 1 is 0.826 bits per heavy atom. The van der Waals surface area contributed by atoms with Crippen molar-refractivity contribution in [1.82, 2.24) is 19.6 Å². The number of piperazine rings is 2. The molecule has 0 aliphatic carbocycles. The molecule has 23 heavy (non-hydrogen) atoms. The van der Waals surface area contributed by atoms with E-state index in [1.54, 1.807) is 0 Å². The second kappa shape index (κ2) is 5.83. The van der Waals surface area contributed by atoms with Crippen molar-refractivity contribution in [3.8, 4) is 0 Å². The summed E-state index contributed by atoms with van der Waals surface area (Å²) in [6.45, 7) is 10.2. The van der Waals surface area contributed by atoms with Gasteiger partial charge in [0, 0.05) is 51.9 Å². The summed E-state index contributed by atoms with van der Waals surface area (Å²) < 4.78 is 6.07. The lowest BCUT2D eigenvalue weighted by molar-refractivity contribution is -0.0847. The summed E-state index contributed by atoms with van der Waals surface area (Å²) in [5, 5.41) is 0. The molecule has 4 aliphatic heterocycles. The first-order valence-corrected chi connectivity index (χ1v) is 9.00. The molecule has 4 heterocycles. The van der Waals surface area contributed by atoms with Crippen molar-refractivity contribution in [3.63, 3.8) is 0 Å². The van der Waals surface area contributed by atoms with E-state index in [9.17, 15) is 0 Å². The quantitative estimate of drug-likeness (QED) is 0.804. The summed E-state index contributed by atoms with van der Waals surface area (Å²) in [6, 6.07) is 11.1. The molecule has 4 fully saturated rings. The molecule has 5 heteroatoms. The fourth-order valence-electron chi connectivity index (χ4n) is 4.96. The molecule has 5 nitrogen and oxygen atoms in total. The lowest BCUT2D eigenvalue weighted by Crippen LogP contribution is -2.67. The van der Waals surface area contributed by atoms with Gasteiger partial charge >= 0.3 is 0 Å². The van der Waals surface area contributed by atoms with Crippen LogP contribution in [0, 0.1) is 0 Å². The molecule has 1 aromatic rings. The van der Waals surface area contributed by atoms with Crippen molar-refractivity contribution < 1.29 is 4.74 Å². The fraction of sp³-hybridized carbons (Fsp3) is 0.667. The van der Waals surface area contributed by atoms with Crippen LogP contribution >= 0.6 is 0 Å². The molecule has 0 radical (unpaired) electrons. The Hall–Kier alpha value is -0.980. The number of ether oxygens (including phenoxy) is 1. The lowest BCUT2D eigenvalue weighted by Gasteiger charge is -2.50. The van der Waals surface area contributed by atoms with E-state index in [1.807, 2.05) is 0 Å². The molecular weight excluding hydrogens is 288 g/mol. The van der Waals surface area contributed by atoms with Gasteiger partial charge in [0.05, 0.1) is 25.5 Å². The Labute approximate surface area is 138 Å². The van der Waals surface area contributed by atoms with E-state index in [1.165, 1.54) is 51.4 Å². The second-order valence-electron chi connectivity index (χ2n) is 7.29. The molecule has 3 unspecified atom stereocenters. The maximum absolute atomic E-state index is 6.07. The molecule has 0 bridgehead atoms. The first-order chi connectivity index (χ1) is 11.4. The van der Waals surface area contributed by atoms with Crippen molar-refractivity contribution in [1.29, 1.82) is 0 Å². The molecular formula is C18H26N4O. The van der Waals surface area contributed by atoms with Crippen LogP contribution in [0.25, 0.3) is 0 Å². The number of rotatable bonds is 4. The third-order valence-corrected chi connectivity index (χ3v) is 6.06. The van der Waals surface area contributed by atoms with Gasteiger partial charge in [-0.1, -0.05) is 30.3 Å². The predicted molar refractivity (Wildman–Crippen MR) is 88.9 cm³/mol. The topological polar surface area (TPSA) is 22.2 Å². The fourth-order valence-corrected chi connectivity index (χ4v) is 4.96. The average Bonchev–Trinajstić information content (AvgIpc) is 3.16. The van der Waals surface area contributed by atoms with E-state index < -0.39 is 0 Å². The third-order valence-electron chi connectivity index (χ3n) is 6.06. The molecule has 0 saturated carbocycles. The molecule has 0 amide bonds. The second-order valence-corrected chi connectivity index (χ2v) is 7.29. The zero-order valence-corrected chi connectivity index (χ0v) is 13.7. The van der Waals surface area contributed by atoms with Crippen LogP contribution in [0.4, 0.5) is 0 Å². The van der Waals surface area contributed by atoms with Crippen molar-refractivity contribution in [2.45, 2.75) is 25.0 Å². The van der Waals surface area contributed by atoms with Gasteiger partial charge in [0.1, 0.15) is 0 Å². The van der Waals surface area contributed by atoms with Gasteiger partial charge in [-0.2, -0.15) is 0 Å². The Morgan fingerprint density at radius 3 is 2.30 bits per heavy atom. The SMILES string of the molecule is c1ccc(COCC2CN3CCN4CCN5CCN2C3C45)cc1. The zero-order chi connectivity index (χ0) is 15.2. The summed E-state index contributed by atoms with van der Waals surface area (Å²) in [6.07, 6.45) is 1.24. The highest BCUT2D eigenvalue weighted by molar-refractivity contribution is 5.13. The van der Waals surface area contributed by atoms with Gasteiger partial charge in [0.2, 0.25) is 0 Å². The van der Waals surface area contributed by atoms with Gasteiger partial charge in [-0.05, 0) is 5.56 Å². The van der Waals surface area contributed by atoms with Crippen LogP contribution in [-0.4, -0.2) is 90.4 Å². The van der Waals surface area contributed by atoms with Gasteiger partial charge in [-0.25, -0.2) is 0 Å². The summed E-state index contributed by atoms with van der Waals surface area (Å²) in [7, 11) is 0. The van der Waals surface area contributed by atoms with Crippen molar-refractivity contribution in [2.75, 3.05) is 52.4 Å². The largest absolute Gasteiger partial charge is 0.375 e. The molecule has 5 rings (SSSR count). The van der Waals surface area contributed by atoms with E-state index in [2.05, 4.69) is 49.9 Å². The van der Waals surface area contributed by atoms with Crippen LogP contribution in [-0.2, 0) is 11.3 Å². The van der Waals surface area contributed by atoms with Crippen LogP contribution in [0.5, 0.6) is 0 Å². The van der Waals surface area contributed by atoms with Gasteiger partial charge in [-0.15, -0.1) is 0 Å². The Morgan fingerprint density at radius 2 is 1.52 bits per heavy atom. The van der Waals surface area contributed by atoms with Gasteiger partial charge in [0.15, 0.2) is 0 Å². The van der Waals surface area contributed by atoms with Gasteiger partial charge < -0.3 is 4.74 Å². The lowest BCUT2D eigenvalue weighted by atomic mass is 10.1. The van der Waals surface area contributed by atoms with Gasteiger partial charge in [0.25, 0.3) is 0 Å². The molecule has 3 atom stereocenters. The number of benzene rings is 1. The average molecular weight is 314 g/mol. The molecule has 124 valence electrons.